The Morgan fingerprint density at radius 3 is 2.58 bits per heavy atom. The quantitative estimate of drug-likeness (QED) is 0.521. The van der Waals surface area contributed by atoms with Gasteiger partial charge in [-0.3, -0.25) is 0 Å². The first-order valence-electron chi connectivity index (χ1n) is 8.34. The monoisotopic (exact) mass is 326 g/mol. The largest absolute Gasteiger partial charge is 0.489 e. The van der Waals surface area contributed by atoms with E-state index in [0.717, 1.165) is 23.8 Å². The molecule has 2 aromatic rings. The van der Waals surface area contributed by atoms with E-state index in [1.54, 1.807) is 13.0 Å². The van der Waals surface area contributed by atoms with Crippen LogP contribution in [0.25, 0.3) is 11.0 Å². The van der Waals surface area contributed by atoms with Crippen LogP contribution >= 0.6 is 0 Å². The van der Waals surface area contributed by atoms with E-state index in [9.17, 15) is 4.79 Å². The van der Waals surface area contributed by atoms with Gasteiger partial charge in [0, 0.05) is 17.0 Å². The highest BCUT2D eigenvalue weighted by atomic mass is 16.5. The number of allylic oxidation sites excluding steroid dienone is 3. The van der Waals surface area contributed by atoms with Crippen LogP contribution in [0.5, 0.6) is 5.75 Å². The molecule has 0 aliphatic heterocycles. The average molecular weight is 326 g/mol. The van der Waals surface area contributed by atoms with Gasteiger partial charge in [0.2, 0.25) is 0 Å². The smallest absolute Gasteiger partial charge is 0.339 e. The van der Waals surface area contributed by atoms with Crippen molar-refractivity contribution >= 4 is 11.0 Å². The van der Waals surface area contributed by atoms with Gasteiger partial charge >= 0.3 is 5.63 Å². The topological polar surface area (TPSA) is 39.4 Å². The highest BCUT2D eigenvalue weighted by Crippen LogP contribution is 2.24. The zero-order valence-electron chi connectivity index (χ0n) is 15.2. The molecule has 0 aliphatic rings. The molecule has 1 aromatic heterocycles. The van der Waals surface area contributed by atoms with Gasteiger partial charge in [-0.05, 0) is 71.2 Å². The van der Waals surface area contributed by atoms with Crippen molar-refractivity contribution in [3.8, 4) is 5.75 Å². The maximum Gasteiger partial charge on any atom is 0.339 e. The fourth-order valence-corrected chi connectivity index (χ4v) is 2.49. The van der Waals surface area contributed by atoms with Gasteiger partial charge in [-0.15, -0.1) is 0 Å². The first-order valence-corrected chi connectivity index (χ1v) is 8.34. The van der Waals surface area contributed by atoms with E-state index in [-0.39, 0.29) is 5.63 Å². The molecule has 0 unspecified atom stereocenters. The van der Waals surface area contributed by atoms with Crippen molar-refractivity contribution in [3.63, 3.8) is 0 Å². The minimum Gasteiger partial charge on any atom is -0.489 e. The predicted octanol–water partition coefficient (Wildman–Crippen LogP) is 5.48. The third-order valence-corrected chi connectivity index (χ3v) is 4.20. The minimum atomic E-state index is -0.285. The Labute approximate surface area is 143 Å². The summed E-state index contributed by atoms with van der Waals surface area (Å²) in [6.45, 7) is 10.6. The summed E-state index contributed by atoms with van der Waals surface area (Å²) in [6.07, 6.45) is 6.44. The van der Waals surface area contributed by atoms with E-state index in [0.29, 0.717) is 23.5 Å². The molecule has 0 N–H and O–H groups in total. The summed E-state index contributed by atoms with van der Waals surface area (Å²) >= 11 is 0. The van der Waals surface area contributed by atoms with E-state index in [4.69, 9.17) is 9.15 Å². The van der Waals surface area contributed by atoms with E-state index < -0.39 is 0 Å². The molecule has 0 saturated heterocycles. The van der Waals surface area contributed by atoms with Crippen molar-refractivity contribution in [2.45, 2.75) is 47.5 Å². The van der Waals surface area contributed by atoms with Crippen molar-refractivity contribution in [1.29, 1.82) is 0 Å². The van der Waals surface area contributed by atoms with Gasteiger partial charge in [0.05, 0.1) is 0 Å². The van der Waals surface area contributed by atoms with Crippen molar-refractivity contribution in [2.75, 3.05) is 6.61 Å². The lowest BCUT2D eigenvalue weighted by Crippen LogP contribution is -2.05. The Kier molecular flexibility index (Phi) is 6.02. The summed E-state index contributed by atoms with van der Waals surface area (Å²) in [5.41, 5.74) is 4.57. The van der Waals surface area contributed by atoms with Crippen LogP contribution in [0.4, 0.5) is 0 Å². The lowest BCUT2D eigenvalue weighted by atomic mass is 10.1. The van der Waals surface area contributed by atoms with Crippen molar-refractivity contribution in [3.05, 3.63) is 63.0 Å². The number of hydrogen-bond acceptors (Lipinski definition) is 3. The maximum absolute atomic E-state index is 11.8. The van der Waals surface area contributed by atoms with E-state index in [1.165, 1.54) is 11.1 Å². The first kappa shape index (κ1) is 18.1. The maximum atomic E-state index is 11.8. The molecule has 1 heterocycles. The summed E-state index contributed by atoms with van der Waals surface area (Å²) in [7, 11) is 0. The summed E-state index contributed by atoms with van der Waals surface area (Å²) in [6, 6.07) is 5.65. The molecule has 128 valence electrons. The number of benzene rings is 1. The molecule has 1 aromatic carbocycles. The van der Waals surface area contributed by atoms with Gasteiger partial charge < -0.3 is 9.15 Å². The van der Waals surface area contributed by atoms with Crippen LogP contribution in [0.3, 0.4) is 0 Å². The number of ether oxygens (including phenoxy) is 1. The second-order valence-electron chi connectivity index (χ2n) is 6.48. The van der Waals surface area contributed by atoms with Crippen LogP contribution in [0, 0.1) is 13.8 Å². The van der Waals surface area contributed by atoms with E-state index >= 15 is 0 Å². The Bertz CT molecular complexity index is 834. The van der Waals surface area contributed by atoms with E-state index in [2.05, 4.69) is 32.9 Å². The number of rotatable bonds is 6. The summed E-state index contributed by atoms with van der Waals surface area (Å²) in [5.74, 6) is 0.710. The van der Waals surface area contributed by atoms with Crippen LogP contribution in [0.15, 0.2) is 50.7 Å². The molecule has 3 nitrogen and oxygen atoms in total. The number of aryl methyl sites for hydroxylation is 1. The summed E-state index contributed by atoms with van der Waals surface area (Å²) < 4.78 is 11.1. The SMILES string of the molecule is CC(C)=CCC/C(C)=C/COc1ccc2c(C)c(C)c(=O)oc2c1. The lowest BCUT2D eigenvalue weighted by Gasteiger charge is -2.08. The van der Waals surface area contributed by atoms with Crippen molar-refractivity contribution < 1.29 is 9.15 Å². The van der Waals surface area contributed by atoms with Crippen LogP contribution in [0.2, 0.25) is 0 Å². The van der Waals surface area contributed by atoms with Crippen LogP contribution < -0.4 is 10.4 Å². The molecule has 0 saturated carbocycles. The van der Waals surface area contributed by atoms with E-state index in [1.807, 2.05) is 19.1 Å². The molecule has 3 heteroatoms. The molecule has 0 radical (unpaired) electrons. The second-order valence-corrected chi connectivity index (χ2v) is 6.48. The molecule has 0 atom stereocenters. The molecule has 0 aliphatic carbocycles. The second kappa shape index (κ2) is 8.00. The fraction of sp³-hybridized carbons (Fsp3) is 0.381. The molecule has 0 bridgehead atoms. The minimum absolute atomic E-state index is 0.285. The Hall–Kier alpha value is -2.29. The van der Waals surface area contributed by atoms with Crippen LogP contribution in [0.1, 0.15) is 44.7 Å². The molecular weight excluding hydrogens is 300 g/mol. The zero-order chi connectivity index (χ0) is 17.7. The summed E-state index contributed by atoms with van der Waals surface area (Å²) in [5, 5.41) is 0.952. The highest BCUT2D eigenvalue weighted by Gasteiger charge is 2.08. The molecular formula is C21H26O3. The molecule has 0 amide bonds. The Morgan fingerprint density at radius 1 is 1.12 bits per heavy atom. The third-order valence-electron chi connectivity index (χ3n) is 4.20. The first-order chi connectivity index (χ1) is 11.4. The zero-order valence-corrected chi connectivity index (χ0v) is 15.2. The number of fused-ring (bicyclic) bond motifs is 1. The standard InChI is InChI=1S/C21H26O3/c1-14(2)7-6-8-15(3)11-12-23-18-9-10-19-16(4)17(5)21(22)24-20(19)13-18/h7,9-11,13H,6,8,12H2,1-5H3/b15-11+. The summed E-state index contributed by atoms with van der Waals surface area (Å²) in [4.78, 5) is 11.8. The lowest BCUT2D eigenvalue weighted by molar-refractivity contribution is 0.361. The van der Waals surface area contributed by atoms with Crippen LogP contribution in [-0.4, -0.2) is 6.61 Å². The molecule has 0 spiro atoms. The van der Waals surface area contributed by atoms with Gasteiger partial charge in [-0.2, -0.15) is 0 Å². The average Bonchev–Trinajstić information content (AvgIpc) is 2.52. The highest BCUT2D eigenvalue weighted by molar-refractivity contribution is 5.82. The molecule has 2 rings (SSSR count). The Morgan fingerprint density at radius 2 is 1.88 bits per heavy atom. The van der Waals surface area contributed by atoms with Gasteiger partial charge in [0.1, 0.15) is 17.9 Å². The van der Waals surface area contributed by atoms with Crippen LogP contribution in [-0.2, 0) is 0 Å². The molecule has 24 heavy (non-hydrogen) atoms. The predicted molar refractivity (Wildman–Crippen MR) is 99.9 cm³/mol. The fourth-order valence-electron chi connectivity index (χ4n) is 2.49. The Balaban J connectivity index is 2.04. The van der Waals surface area contributed by atoms with Gasteiger partial charge in [-0.25, -0.2) is 4.79 Å². The van der Waals surface area contributed by atoms with Crippen molar-refractivity contribution in [2.24, 2.45) is 0 Å². The van der Waals surface area contributed by atoms with Gasteiger partial charge in [-0.1, -0.05) is 17.2 Å². The van der Waals surface area contributed by atoms with Gasteiger partial charge in [0.25, 0.3) is 0 Å². The molecule has 0 fully saturated rings. The van der Waals surface area contributed by atoms with Gasteiger partial charge in [0.15, 0.2) is 0 Å². The normalized spacial score (nSPS) is 11.6. The van der Waals surface area contributed by atoms with Crippen molar-refractivity contribution in [1.82, 2.24) is 0 Å². The third kappa shape index (κ3) is 4.60. The number of hydrogen-bond donors (Lipinski definition) is 0.